The normalized spacial score (nSPS) is 10.5. The van der Waals surface area contributed by atoms with Gasteiger partial charge in [-0.05, 0) is 67.9 Å². The zero-order valence-corrected chi connectivity index (χ0v) is 17.7. The molecule has 1 amide bonds. The van der Waals surface area contributed by atoms with E-state index in [0.29, 0.717) is 39.4 Å². The lowest BCUT2D eigenvalue weighted by Crippen LogP contribution is -2.13. The van der Waals surface area contributed by atoms with Crippen molar-refractivity contribution >= 4 is 34.8 Å². The smallest absolute Gasteiger partial charge is 0.255 e. The summed E-state index contributed by atoms with van der Waals surface area (Å²) in [6.07, 6.45) is 0. The van der Waals surface area contributed by atoms with Crippen LogP contribution in [-0.4, -0.2) is 12.5 Å². The van der Waals surface area contributed by atoms with Crippen molar-refractivity contribution in [3.8, 4) is 11.5 Å². The molecule has 0 unspecified atom stereocenters. The van der Waals surface area contributed by atoms with Crippen molar-refractivity contribution in [2.75, 3.05) is 11.9 Å². The van der Waals surface area contributed by atoms with E-state index in [1.54, 1.807) is 36.4 Å². The van der Waals surface area contributed by atoms with E-state index in [1.807, 2.05) is 38.1 Å². The number of amides is 1. The predicted octanol–water partition coefficient (Wildman–Crippen LogP) is 6.53. The van der Waals surface area contributed by atoms with Gasteiger partial charge in [0, 0.05) is 26.9 Å². The van der Waals surface area contributed by atoms with Crippen LogP contribution in [-0.2, 0) is 6.61 Å². The molecule has 0 saturated heterocycles. The molecule has 0 saturated carbocycles. The van der Waals surface area contributed by atoms with Gasteiger partial charge >= 0.3 is 0 Å². The summed E-state index contributed by atoms with van der Waals surface area (Å²) in [5.74, 6) is 1.07. The van der Waals surface area contributed by atoms with Crippen LogP contribution in [0, 0.1) is 6.92 Å². The number of aryl methyl sites for hydroxylation is 1. The van der Waals surface area contributed by atoms with Crippen LogP contribution < -0.4 is 14.8 Å². The van der Waals surface area contributed by atoms with Crippen LogP contribution in [0.1, 0.15) is 28.4 Å². The summed E-state index contributed by atoms with van der Waals surface area (Å²) in [4.78, 5) is 12.7. The lowest BCUT2D eigenvalue weighted by atomic mass is 10.1. The third-order valence-electron chi connectivity index (χ3n) is 4.24. The van der Waals surface area contributed by atoms with E-state index in [-0.39, 0.29) is 12.5 Å². The van der Waals surface area contributed by atoms with Crippen LogP contribution in [0.2, 0.25) is 10.0 Å². The molecule has 0 heterocycles. The highest BCUT2D eigenvalue weighted by Crippen LogP contribution is 2.25. The molecule has 0 spiro atoms. The van der Waals surface area contributed by atoms with Crippen molar-refractivity contribution in [3.63, 3.8) is 0 Å². The number of halogens is 2. The van der Waals surface area contributed by atoms with Gasteiger partial charge in [0.2, 0.25) is 0 Å². The van der Waals surface area contributed by atoms with E-state index < -0.39 is 0 Å². The summed E-state index contributed by atoms with van der Waals surface area (Å²) in [6, 6.07) is 17.8. The second kappa shape index (κ2) is 9.68. The van der Waals surface area contributed by atoms with E-state index in [9.17, 15) is 4.79 Å². The molecular weight excluding hydrogens is 409 g/mol. The lowest BCUT2D eigenvalue weighted by Gasteiger charge is -2.14. The standard InChI is InChI=1S/C23H21Cl2NO3/c1-3-28-22-10-8-16(23(27)26-19-9-7-15(2)21(25)13-19)11-17(22)14-29-20-6-4-5-18(24)12-20/h4-13H,3,14H2,1-2H3,(H,26,27). The number of hydrogen-bond donors (Lipinski definition) is 1. The molecule has 3 aromatic rings. The molecule has 150 valence electrons. The van der Waals surface area contributed by atoms with Crippen molar-refractivity contribution in [1.29, 1.82) is 0 Å². The Labute approximate surface area is 180 Å². The zero-order valence-electron chi connectivity index (χ0n) is 16.2. The Balaban J connectivity index is 1.79. The molecule has 0 aliphatic carbocycles. The summed E-state index contributed by atoms with van der Waals surface area (Å²) < 4.78 is 11.5. The topological polar surface area (TPSA) is 47.6 Å². The fourth-order valence-electron chi connectivity index (χ4n) is 2.72. The van der Waals surface area contributed by atoms with E-state index in [0.717, 1.165) is 11.1 Å². The molecule has 1 N–H and O–H groups in total. The van der Waals surface area contributed by atoms with Crippen LogP contribution in [0.15, 0.2) is 60.7 Å². The van der Waals surface area contributed by atoms with Crippen molar-refractivity contribution < 1.29 is 14.3 Å². The first-order chi connectivity index (χ1) is 14.0. The minimum atomic E-state index is -0.239. The van der Waals surface area contributed by atoms with E-state index in [1.165, 1.54) is 0 Å². The Kier molecular flexibility index (Phi) is 7.02. The van der Waals surface area contributed by atoms with Crippen molar-refractivity contribution in [2.45, 2.75) is 20.5 Å². The summed E-state index contributed by atoms with van der Waals surface area (Å²) in [5.41, 5.74) is 2.85. The van der Waals surface area contributed by atoms with Gasteiger partial charge in [0.1, 0.15) is 18.1 Å². The van der Waals surface area contributed by atoms with Gasteiger partial charge in [-0.3, -0.25) is 4.79 Å². The first-order valence-corrected chi connectivity index (χ1v) is 9.93. The van der Waals surface area contributed by atoms with Gasteiger partial charge in [-0.2, -0.15) is 0 Å². The van der Waals surface area contributed by atoms with Gasteiger partial charge in [0.25, 0.3) is 5.91 Å². The number of benzene rings is 3. The fraction of sp³-hybridized carbons (Fsp3) is 0.174. The van der Waals surface area contributed by atoms with Gasteiger partial charge in [-0.15, -0.1) is 0 Å². The maximum Gasteiger partial charge on any atom is 0.255 e. The average Bonchev–Trinajstić information content (AvgIpc) is 2.70. The molecule has 0 aliphatic rings. The second-order valence-electron chi connectivity index (χ2n) is 6.42. The van der Waals surface area contributed by atoms with Crippen LogP contribution in [0.3, 0.4) is 0 Å². The van der Waals surface area contributed by atoms with Crippen LogP contribution in [0.25, 0.3) is 0 Å². The minimum absolute atomic E-state index is 0.239. The Hall–Kier alpha value is -2.69. The summed E-state index contributed by atoms with van der Waals surface area (Å²) in [6.45, 7) is 4.57. The average molecular weight is 430 g/mol. The molecule has 3 aromatic carbocycles. The zero-order chi connectivity index (χ0) is 20.8. The number of rotatable bonds is 7. The molecular formula is C23H21Cl2NO3. The second-order valence-corrected chi connectivity index (χ2v) is 7.26. The monoisotopic (exact) mass is 429 g/mol. The van der Waals surface area contributed by atoms with Gasteiger partial charge in [0.15, 0.2) is 0 Å². The Morgan fingerprint density at radius 3 is 2.55 bits per heavy atom. The highest BCUT2D eigenvalue weighted by Gasteiger charge is 2.12. The largest absolute Gasteiger partial charge is 0.493 e. The first kappa shape index (κ1) is 21.0. The third-order valence-corrected chi connectivity index (χ3v) is 4.88. The van der Waals surface area contributed by atoms with E-state index in [4.69, 9.17) is 32.7 Å². The number of carbonyl (C=O) groups excluding carboxylic acids is 1. The van der Waals surface area contributed by atoms with Crippen LogP contribution in [0.5, 0.6) is 11.5 Å². The molecule has 4 nitrogen and oxygen atoms in total. The van der Waals surface area contributed by atoms with E-state index >= 15 is 0 Å². The van der Waals surface area contributed by atoms with Gasteiger partial charge < -0.3 is 14.8 Å². The van der Waals surface area contributed by atoms with Gasteiger partial charge in [-0.1, -0.05) is 35.3 Å². The molecule has 0 aliphatic heterocycles. The fourth-order valence-corrected chi connectivity index (χ4v) is 3.08. The molecule has 0 bridgehead atoms. The molecule has 29 heavy (non-hydrogen) atoms. The quantitative estimate of drug-likeness (QED) is 0.464. The van der Waals surface area contributed by atoms with Crippen molar-refractivity contribution in [1.82, 2.24) is 0 Å². The highest BCUT2D eigenvalue weighted by atomic mass is 35.5. The maximum atomic E-state index is 12.7. The first-order valence-electron chi connectivity index (χ1n) is 9.18. The summed E-state index contributed by atoms with van der Waals surface area (Å²) in [7, 11) is 0. The number of nitrogens with one attached hydrogen (secondary N) is 1. The van der Waals surface area contributed by atoms with Gasteiger partial charge in [-0.25, -0.2) is 0 Å². The molecule has 0 fully saturated rings. The highest BCUT2D eigenvalue weighted by molar-refractivity contribution is 6.31. The minimum Gasteiger partial charge on any atom is -0.493 e. The van der Waals surface area contributed by atoms with Crippen LogP contribution >= 0.6 is 23.2 Å². The number of hydrogen-bond acceptors (Lipinski definition) is 3. The van der Waals surface area contributed by atoms with Crippen molar-refractivity contribution in [2.24, 2.45) is 0 Å². The summed E-state index contributed by atoms with van der Waals surface area (Å²) >= 11 is 12.1. The number of anilines is 1. The number of ether oxygens (including phenoxy) is 2. The van der Waals surface area contributed by atoms with Crippen LogP contribution in [0.4, 0.5) is 5.69 Å². The SMILES string of the molecule is CCOc1ccc(C(=O)Nc2ccc(C)c(Cl)c2)cc1COc1cccc(Cl)c1. The van der Waals surface area contributed by atoms with Crippen molar-refractivity contribution in [3.05, 3.63) is 87.4 Å². The molecule has 6 heteroatoms. The molecule has 0 radical (unpaired) electrons. The lowest BCUT2D eigenvalue weighted by molar-refractivity contribution is 0.102. The molecule has 3 rings (SSSR count). The Bertz CT molecular complexity index is 1020. The summed E-state index contributed by atoms with van der Waals surface area (Å²) in [5, 5.41) is 4.06. The maximum absolute atomic E-state index is 12.7. The predicted molar refractivity (Wildman–Crippen MR) is 118 cm³/mol. The molecule has 0 atom stereocenters. The number of carbonyl (C=O) groups is 1. The van der Waals surface area contributed by atoms with Gasteiger partial charge in [0.05, 0.1) is 6.61 Å². The third kappa shape index (κ3) is 5.66. The Morgan fingerprint density at radius 2 is 1.83 bits per heavy atom. The van der Waals surface area contributed by atoms with E-state index in [2.05, 4.69) is 5.32 Å². The molecule has 0 aromatic heterocycles. The Morgan fingerprint density at radius 1 is 1.00 bits per heavy atom.